The van der Waals surface area contributed by atoms with E-state index in [0.717, 1.165) is 0 Å². The summed E-state index contributed by atoms with van der Waals surface area (Å²) in [6, 6.07) is 0. The fourth-order valence-corrected chi connectivity index (χ4v) is 0. The maximum Gasteiger partial charge on any atom is 2.00 e. The third kappa shape index (κ3) is 44.8. The van der Waals surface area contributed by atoms with Crippen molar-refractivity contribution in [3.05, 3.63) is 0 Å². The summed E-state index contributed by atoms with van der Waals surface area (Å²) in [5.74, 6) is 0. The van der Waals surface area contributed by atoms with Crippen LogP contribution in [0.5, 0.6) is 0 Å². The maximum atomic E-state index is 8.59. The van der Waals surface area contributed by atoms with Crippen molar-refractivity contribution in [2.75, 3.05) is 0 Å². The molecule has 5 heteroatoms. The van der Waals surface area contributed by atoms with Gasteiger partial charge >= 0.3 is 46.9 Å². The maximum absolute atomic E-state index is 8.59. The second-order valence-corrected chi connectivity index (χ2v) is 1.37. The minimum absolute atomic E-state index is 0. The van der Waals surface area contributed by atoms with Crippen molar-refractivity contribution in [3.63, 3.8) is 0 Å². The van der Waals surface area contributed by atoms with Gasteiger partial charge in [0.15, 0.2) is 0 Å². The van der Waals surface area contributed by atoms with Crippen LogP contribution >= 0.6 is 0 Å². The molecule has 5 heavy (non-hydrogen) atoms. The zero-order valence-corrected chi connectivity index (χ0v) is 5.27. The standard InChI is InChI=1S/Ni.H2O3Te/c;1-4(2)3/h;(H2,1,2,3)/q+2;/p-2. The Morgan fingerprint density at radius 2 is 1.40 bits per heavy atom. The summed E-state index contributed by atoms with van der Waals surface area (Å²) < 4.78 is 25.8. The van der Waals surface area contributed by atoms with Gasteiger partial charge in [-0.15, -0.1) is 0 Å². The summed E-state index contributed by atoms with van der Waals surface area (Å²) >= 11 is -4.11. The van der Waals surface area contributed by atoms with E-state index in [1.165, 1.54) is 0 Å². The Morgan fingerprint density at radius 3 is 1.40 bits per heavy atom. The zero-order valence-electron chi connectivity index (χ0n) is 1.95. The van der Waals surface area contributed by atoms with Gasteiger partial charge in [-0.3, -0.25) is 0 Å². The van der Waals surface area contributed by atoms with Crippen molar-refractivity contribution >= 4 is 20.4 Å². The molecule has 0 N–H and O–H groups in total. The Kier molecular flexibility index (Phi) is 9.38. The first kappa shape index (κ1) is 9.38. The second kappa shape index (κ2) is 5.00. The molecular formula is NiO3Te. The van der Waals surface area contributed by atoms with Crippen LogP contribution < -0.4 is 6.94 Å². The number of hydrogen-bond donors (Lipinski definition) is 0. The van der Waals surface area contributed by atoms with Crippen LogP contribution in [0.15, 0.2) is 0 Å². The Morgan fingerprint density at radius 1 is 1.40 bits per heavy atom. The van der Waals surface area contributed by atoms with Crippen molar-refractivity contribution in [2.45, 2.75) is 0 Å². The summed E-state index contributed by atoms with van der Waals surface area (Å²) in [7, 11) is 0. The normalized spacial score (nSPS) is 7.00. The van der Waals surface area contributed by atoms with Gasteiger partial charge in [0.05, 0.1) is 0 Å². The predicted molar refractivity (Wildman–Crippen MR) is 6.44 cm³/mol. The molecule has 0 spiro atoms. The molecule has 0 amide bonds. The fourth-order valence-electron chi connectivity index (χ4n) is 0. The van der Waals surface area contributed by atoms with Crippen molar-refractivity contribution in [1.82, 2.24) is 0 Å². The molecule has 0 saturated carbocycles. The summed E-state index contributed by atoms with van der Waals surface area (Å²) in [6.45, 7) is 0. The van der Waals surface area contributed by atoms with E-state index in [4.69, 9.17) is 10.0 Å². The Labute approximate surface area is 47.0 Å². The van der Waals surface area contributed by atoms with Gasteiger partial charge in [-0.25, -0.2) is 0 Å². The smallest absolute Gasteiger partial charge is 2.00 e. The van der Waals surface area contributed by atoms with E-state index >= 15 is 0 Å². The van der Waals surface area contributed by atoms with Crippen molar-refractivity contribution in [3.8, 4) is 0 Å². The predicted octanol–water partition coefficient (Wildman–Crippen LogP) is -2.88. The van der Waals surface area contributed by atoms with E-state index in [0.29, 0.717) is 0 Å². The molecule has 34 valence electrons. The van der Waals surface area contributed by atoms with Crippen molar-refractivity contribution < 1.29 is 26.5 Å². The van der Waals surface area contributed by atoms with Crippen LogP contribution in [-0.4, -0.2) is 20.4 Å². The molecule has 0 unspecified atom stereocenters. The minimum atomic E-state index is -4.11. The third-order valence-electron chi connectivity index (χ3n) is 0. The molecule has 0 bridgehead atoms. The summed E-state index contributed by atoms with van der Waals surface area (Å²) in [6.07, 6.45) is 0. The molecule has 0 atom stereocenters. The van der Waals surface area contributed by atoms with Crippen LogP contribution in [0.2, 0.25) is 0 Å². The Balaban J connectivity index is 0. The van der Waals surface area contributed by atoms with Crippen LogP contribution in [-0.2, 0) is 19.6 Å². The monoisotopic (exact) mass is 236 g/mol. The Bertz CT molecular complexity index is 29.9. The molecule has 0 rings (SSSR count). The molecule has 0 aromatic rings. The van der Waals surface area contributed by atoms with E-state index < -0.39 is 20.4 Å². The number of hydrogen-bond acceptors (Lipinski definition) is 3. The van der Waals surface area contributed by atoms with Crippen molar-refractivity contribution in [2.24, 2.45) is 0 Å². The number of rotatable bonds is 0. The molecule has 0 fully saturated rings. The van der Waals surface area contributed by atoms with Gasteiger partial charge < -0.3 is 0 Å². The molecule has 0 radical (unpaired) electrons. The largest absolute Gasteiger partial charge is 2.00 e. The van der Waals surface area contributed by atoms with Gasteiger partial charge in [0.25, 0.3) is 0 Å². The van der Waals surface area contributed by atoms with Gasteiger partial charge in [-0.05, 0) is 0 Å². The minimum Gasteiger partial charge on any atom is 2.00 e. The summed E-state index contributed by atoms with van der Waals surface area (Å²) in [5.41, 5.74) is 0. The SMILES string of the molecule is O=[Te]([O-])[O-].[Ni+2]. The summed E-state index contributed by atoms with van der Waals surface area (Å²) in [5, 5.41) is 0. The topological polar surface area (TPSA) is 63.2 Å². The molecule has 0 aromatic heterocycles. The quantitative estimate of drug-likeness (QED) is 0.423. The molecule has 0 aliphatic rings. The van der Waals surface area contributed by atoms with Crippen LogP contribution in [0.3, 0.4) is 0 Å². The molecule has 0 aliphatic heterocycles. The van der Waals surface area contributed by atoms with E-state index in [2.05, 4.69) is 0 Å². The molecule has 3 nitrogen and oxygen atoms in total. The molecule has 0 heterocycles. The van der Waals surface area contributed by atoms with Gasteiger partial charge in [-0.1, -0.05) is 0 Å². The van der Waals surface area contributed by atoms with Gasteiger partial charge in [0, 0.05) is 0 Å². The first-order chi connectivity index (χ1) is 1.73. The van der Waals surface area contributed by atoms with E-state index in [-0.39, 0.29) is 16.5 Å². The van der Waals surface area contributed by atoms with Crippen LogP contribution in [0.4, 0.5) is 0 Å². The average Bonchev–Trinajstić information content (AvgIpc) is 0.811. The first-order valence-corrected chi connectivity index (χ1v) is 3.35. The van der Waals surface area contributed by atoms with Crippen LogP contribution in [0.1, 0.15) is 0 Å². The summed E-state index contributed by atoms with van der Waals surface area (Å²) in [4.78, 5) is 0. The average molecular weight is 234 g/mol. The van der Waals surface area contributed by atoms with Crippen molar-refractivity contribution in [1.29, 1.82) is 0 Å². The van der Waals surface area contributed by atoms with Crippen LogP contribution in [0, 0.1) is 0 Å². The fraction of sp³-hybridized carbons (Fsp3) is 0. The second-order valence-electron chi connectivity index (χ2n) is 0.204. The Hall–Kier alpha value is 1.00. The first-order valence-electron chi connectivity index (χ1n) is 0.500. The van der Waals surface area contributed by atoms with Gasteiger partial charge in [-0.2, -0.15) is 0 Å². The van der Waals surface area contributed by atoms with Gasteiger partial charge in [0.2, 0.25) is 0 Å². The van der Waals surface area contributed by atoms with E-state index in [1.54, 1.807) is 0 Å². The van der Waals surface area contributed by atoms with Crippen LogP contribution in [0.25, 0.3) is 0 Å². The molecular weight excluding hydrogens is 234 g/mol. The molecule has 0 saturated heterocycles. The van der Waals surface area contributed by atoms with Gasteiger partial charge in [0.1, 0.15) is 0 Å². The van der Waals surface area contributed by atoms with E-state index in [1.807, 2.05) is 0 Å². The molecule has 0 aromatic carbocycles. The molecule has 0 aliphatic carbocycles. The van der Waals surface area contributed by atoms with E-state index in [9.17, 15) is 0 Å². The third-order valence-corrected chi connectivity index (χ3v) is 0. The zero-order chi connectivity index (χ0) is 3.58.